The SMILES string of the molecule is COCC(C)Nc1nnc(C)s1. The normalized spacial score (nSPS) is 12.9. The molecule has 1 rings (SSSR count). The molecule has 4 nitrogen and oxygen atoms in total. The van der Waals surface area contributed by atoms with E-state index in [4.69, 9.17) is 4.74 Å². The molecule has 0 bridgehead atoms. The highest BCUT2D eigenvalue weighted by atomic mass is 32.1. The fourth-order valence-electron chi connectivity index (χ4n) is 0.857. The molecule has 0 radical (unpaired) electrons. The Morgan fingerprint density at radius 2 is 2.33 bits per heavy atom. The van der Waals surface area contributed by atoms with E-state index in [1.54, 1.807) is 18.4 Å². The molecule has 1 atom stereocenters. The highest BCUT2D eigenvalue weighted by Gasteiger charge is 2.04. The van der Waals surface area contributed by atoms with Crippen LogP contribution in [0.3, 0.4) is 0 Å². The van der Waals surface area contributed by atoms with Gasteiger partial charge in [0.15, 0.2) is 0 Å². The maximum atomic E-state index is 4.98. The summed E-state index contributed by atoms with van der Waals surface area (Å²) in [6, 6.07) is 0.280. The second kappa shape index (κ2) is 4.37. The van der Waals surface area contributed by atoms with Crippen molar-refractivity contribution in [2.45, 2.75) is 19.9 Å². The van der Waals surface area contributed by atoms with Crippen molar-refractivity contribution in [2.75, 3.05) is 19.0 Å². The molecule has 0 fully saturated rings. The molecule has 1 aromatic rings. The van der Waals surface area contributed by atoms with Crippen molar-refractivity contribution in [1.29, 1.82) is 0 Å². The van der Waals surface area contributed by atoms with E-state index in [1.165, 1.54) is 0 Å². The molecule has 0 saturated heterocycles. The van der Waals surface area contributed by atoms with Gasteiger partial charge in [-0.1, -0.05) is 11.3 Å². The van der Waals surface area contributed by atoms with Crippen LogP contribution in [-0.4, -0.2) is 30.0 Å². The number of methoxy groups -OCH3 is 1. The molecule has 0 amide bonds. The van der Waals surface area contributed by atoms with Gasteiger partial charge < -0.3 is 10.1 Å². The Bertz CT molecular complexity index is 238. The maximum absolute atomic E-state index is 4.98. The van der Waals surface area contributed by atoms with Gasteiger partial charge in [0.05, 0.1) is 6.61 Å². The number of aryl methyl sites for hydroxylation is 1. The molecule has 1 aromatic heterocycles. The summed E-state index contributed by atoms with van der Waals surface area (Å²) in [5.41, 5.74) is 0. The number of hydrogen-bond acceptors (Lipinski definition) is 5. The largest absolute Gasteiger partial charge is 0.383 e. The fraction of sp³-hybridized carbons (Fsp3) is 0.714. The van der Waals surface area contributed by atoms with Gasteiger partial charge in [0, 0.05) is 13.2 Å². The van der Waals surface area contributed by atoms with Crippen LogP contribution in [0.15, 0.2) is 0 Å². The van der Waals surface area contributed by atoms with E-state index in [1.807, 2.05) is 13.8 Å². The highest BCUT2D eigenvalue weighted by molar-refractivity contribution is 7.15. The zero-order valence-electron chi connectivity index (χ0n) is 7.50. The molecule has 0 spiro atoms. The van der Waals surface area contributed by atoms with Crippen LogP contribution in [0.25, 0.3) is 0 Å². The lowest BCUT2D eigenvalue weighted by Gasteiger charge is -2.09. The third-order valence-corrected chi connectivity index (χ3v) is 2.08. The minimum atomic E-state index is 0.280. The molecule has 12 heavy (non-hydrogen) atoms. The van der Waals surface area contributed by atoms with Crippen LogP contribution in [0.1, 0.15) is 11.9 Å². The van der Waals surface area contributed by atoms with E-state index >= 15 is 0 Å². The number of hydrogen-bond donors (Lipinski definition) is 1. The van der Waals surface area contributed by atoms with E-state index in [0.717, 1.165) is 10.1 Å². The highest BCUT2D eigenvalue weighted by Crippen LogP contribution is 2.14. The summed E-state index contributed by atoms with van der Waals surface area (Å²) < 4.78 is 4.98. The number of nitrogens with one attached hydrogen (secondary N) is 1. The Hall–Kier alpha value is -0.680. The van der Waals surface area contributed by atoms with Crippen LogP contribution in [0.2, 0.25) is 0 Å². The Labute approximate surface area is 76.0 Å². The number of nitrogens with zero attached hydrogens (tertiary/aromatic N) is 2. The first-order valence-electron chi connectivity index (χ1n) is 3.78. The summed E-state index contributed by atoms with van der Waals surface area (Å²) >= 11 is 1.55. The van der Waals surface area contributed by atoms with Crippen LogP contribution >= 0.6 is 11.3 Å². The van der Waals surface area contributed by atoms with Crippen molar-refractivity contribution in [3.63, 3.8) is 0 Å². The van der Waals surface area contributed by atoms with E-state index in [-0.39, 0.29) is 6.04 Å². The van der Waals surface area contributed by atoms with Gasteiger partial charge in [-0.05, 0) is 13.8 Å². The molecule has 1 N–H and O–H groups in total. The average molecular weight is 187 g/mol. The monoisotopic (exact) mass is 187 g/mol. The predicted molar refractivity (Wildman–Crippen MR) is 49.6 cm³/mol. The molecule has 5 heteroatoms. The quantitative estimate of drug-likeness (QED) is 0.771. The molecular formula is C7H13N3OS. The van der Waals surface area contributed by atoms with Gasteiger partial charge in [-0.15, -0.1) is 10.2 Å². The van der Waals surface area contributed by atoms with E-state index in [0.29, 0.717) is 6.61 Å². The number of ether oxygens (including phenoxy) is 1. The van der Waals surface area contributed by atoms with Crippen molar-refractivity contribution in [3.05, 3.63) is 5.01 Å². The standard InChI is InChI=1S/C7H13N3OS/c1-5(4-11-3)8-7-10-9-6(2)12-7/h5H,4H2,1-3H3,(H,8,10). The van der Waals surface area contributed by atoms with Gasteiger partial charge in [0.25, 0.3) is 0 Å². The van der Waals surface area contributed by atoms with Crippen LogP contribution in [0.4, 0.5) is 5.13 Å². The average Bonchev–Trinajstić information content (AvgIpc) is 2.36. The van der Waals surface area contributed by atoms with Gasteiger partial charge >= 0.3 is 0 Å². The molecule has 1 unspecified atom stereocenters. The lowest BCUT2D eigenvalue weighted by atomic mass is 10.4. The summed E-state index contributed by atoms with van der Waals surface area (Å²) in [6.07, 6.45) is 0. The van der Waals surface area contributed by atoms with Gasteiger partial charge in [-0.25, -0.2) is 0 Å². The van der Waals surface area contributed by atoms with Crippen molar-refractivity contribution < 1.29 is 4.74 Å². The summed E-state index contributed by atoms with van der Waals surface area (Å²) in [5, 5.41) is 12.9. The van der Waals surface area contributed by atoms with Crippen molar-refractivity contribution in [3.8, 4) is 0 Å². The summed E-state index contributed by atoms with van der Waals surface area (Å²) in [4.78, 5) is 0. The molecule has 68 valence electrons. The van der Waals surface area contributed by atoms with Crippen molar-refractivity contribution in [1.82, 2.24) is 10.2 Å². The first-order chi connectivity index (χ1) is 5.72. The van der Waals surface area contributed by atoms with Crippen LogP contribution in [-0.2, 0) is 4.74 Å². The zero-order chi connectivity index (χ0) is 8.97. The van der Waals surface area contributed by atoms with Gasteiger partial charge in [-0.2, -0.15) is 0 Å². The first kappa shape index (κ1) is 9.41. The predicted octanol–water partition coefficient (Wildman–Crippen LogP) is 1.29. The Kier molecular flexibility index (Phi) is 3.43. The summed E-state index contributed by atoms with van der Waals surface area (Å²) in [7, 11) is 1.68. The maximum Gasteiger partial charge on any atom is 0.205 e. The van der Waals surface area contributed by atoms with Crippen LogP contribution < -0.4 is 5.32 Å². The van der Waals surface area contributed by atoms with Crippen LogP contribution in [0, 0.1) is 6.92 Å². The van der Waals surface area contributed by atoms with Gasteiger partial charge in [0.2, 0.25) is 5.13 Å². The van der Waals surface area contributed by atoms with E-state index < -0.39 is 0 Å². The summed E-state index contributed by atoms with van der Waals surface area (Å²) in [6.45, 7) is 4.66. The number of rotatable bonds is 4. The minimum absolute atomic E-state index is 0.280. The number of anilines is 1. The first-order valence-corrected chi connectivity index (χ1v) is 4.59. The molecule has 1 heterocycles. The third kappa shape index (κ3) is 2.75. The smallest absolute Gasteiger partial charge is 0.205 e. The molecule has 0 saturated carbocycles. The lowest BCUT2D eigenvalue weighted by molar-refractivity contribution is 0.190. The second-order valence-corrected chi connectivity index (χ2v) is 3.81. The minimum Gasteiger partial charge on any atom is -0.383 e. The number of aromatic nitrogens is 2. The summed E-state index contributed by atoms with van der Waals surface area (Å²) in [5.74, 6) is 0. The molecule has 0 aliphatic carbocycles. The Morgan fingerprint density at radius 3 is 2.83 bits per heavy atom. The second-order valence-electron chi connectivity index (χ2n) is 2.63. The third-order valence-electron chi connectivity index (χ3n) is 1.31. The molecule has 0 aliphatic rings. The fourth-order valence-corrected chi connectivity index (χ4v) is 1.56. The Balaban J connectivity index is 2.41. The molecular weight excluding hydrogens is 174 g/mol. The Morgan fingerprint density at radius 1 is 1.58 bits per heavy atom. The van der Waals surface area contributed by atoms with E-state index in [9.17, 15) is 0 Å². The van der Waals surface area contributed by atoms with E-state index in [2.05, 4.69) is 15.5 Å². The zero-order valence-corrected chi connectivity index (χ0v) is 8.31. The van der Waals surface area contributed by atoms with Crippen molar-refractivity contribution >= 4 is 16.5 Å². The van der Waals surface area contributed by atoms with Crippen LogP contribution in [0.5, 0.6) is 0 Å². The van der Waals surface area contributed by atoms with Gasteiger partial charge in [0.1, 0.15) is 5.01 Å². The van der Waals surface area contributed by atoms with Gasteiger partial charge in [-0.3, -0.25) is 0 Å². The van der Waals surface area contributed by atoms with Crippen molar-refractivity contribution in [2.24, 2.45) is 0 Å². The lowest BCUT2D eigenvalue weighted by Crippen LogP contribution is -2.20. The topological polar surface area (TPSA) is 47.0 Å². The molecule has 0 aromatic carbocycles. The molecule has 0 aliphatic heterocycles.